The summed E-state index contributed by atoms with van der Waals surface area (Å²) in [6.07, 6.45) is 0.970. The van der Waals surface area contributed by atoms with Crippen molar-refractivity contribution < 1.29 is 9.59 Å². The number of rotatable bonds is 1. The van der Waals surface area contributed by atoms with Crippen molar-refractivity contribution >= 4 is 35.6 Å². The molecule has 1 aliphatic heterocycles. The fourth-order valence-electron chi connectivity index (χ4n) is 1.90. The summed E-state index contributed by atoms with van der Waals surface area (Å²) in [5.74, 6) is -0.384. The molecule has 82 valence electrons. The third kappa shape index (κ3) is 1.91. The molecule has 16 heavy (non-hydrogen) atoms. The van der Waals surface area contributed by atoms with Crippen LogP contribution in [0.15, 0.2) is 28.7 Å². The highest BCUT2D eigenvalue weighted by Crippen LogP contribution is 2.29. The molecule has 1 aromatic carbocycles. The highest BCUT2D eigenvalue weighted by molar-refractivity contribution is 9.10. The molecule has 5 heteroatoms. The highest BCUT2D eigenvalue weighted by atomic mass is 79.9. The topological polar surface area (TPSA) is 46.2 Å². The molecule has 0 saturated carbocycles. The summed E-state index contributed by atoms with van der Waals surface area (Å²) < 4.78 is 0.979. The first-order valence-corrected chi connectivity index (χ1v) is 5.92. The van der Waals surface area contributed by atoms with Crippen molar-refractivity contribution in [2.45, 2.75) is 18.2 Å². The van der Waals surface area contributed by atoms with Gasteiger partial charge in [-0.1, -0.05) is 28.1 Å². The maximum Gasteiger partial charge on any atom is 0.228 e. The molecule has 1 saturated heterocycles. The standard InChI is InChI=1S/C11H11BBrNO2/c12-11(6-5-9(15)14-10(11)16)7-1-3-8(13)4-2-7/h1-4H,5-6,12H2,(H,14,15,16). The lowest BCUT2D eigenvalue weighted by Crippen LogP contribution is -2.51. The molecule has 1 unspecified atom stereocenters. The number of hydrogen-bond acceptors (Lipinski definition) is 2. The summed E-state index contributed by atoms with van der Waals surface area (Å²) in [4.78, 5) is 23.0. The summed E-state index contributed by atoms with van der Waals surface area (Å²) >= 11 is 3.36. The Kier molecular flexibility index (Phi) is 2.89. The van der Waals surface area contributed by atoms with Crippen molar-refractivity contribution in [1.82, 2.24) is 5.32 Å². The van der Waals surface area contributed by atoms with Crippen molar-refractivity contribution in [3.8, 4) is 0 Å². The van der Waals surface area contributed by atoms with Gasteiger partial charge in [0.2, 0.25) is 11.8 Å². The normalized spacial score (nSPS) is 25.3. The van der Waals surface area contributed by atoms with E-state index < -0.39 is 5.31 Å². The van der Waals surface area contributed by atoms with Crippen molar-refractivity contribution in [2.75, 3.05) is 0 Å². The number of nitrogens with one attached hydrogen (secondary N) is 1. The molecule has 1 fully saturated rings. The summed E-state index contributed by atoms with van der Waals surface area (Å²) in [5.41, 5.74) is 0.945. The van der Waals surface area contributed by atoms with Crippen LogP contribution in [-0.4, -0.2) is 19.7 Å². The van der Waals surface area contributed by atoms with Crippen LogP contribution in [0, 0.1) is 0 Å². The molecule has 1 heterocycles. The molecule has 2 amide bonds. The zero-order valence-corrected chi connectivity index (χ0v) is 10.5. The average Bonchev–Trinajstić information content (AvgIpc) is 2.25. The molecule has 1 aromatic rings. The third-order valence-corrected chi connectivity index (χ3v) is 3.62. The molecule has 0 bridgehead atoms. The lowest BCUT2D eigenvalue weighted by molar-refractivity contribution is -0.135. The monoisotopic (exact) mass is 279 g/mol. The predicted molar refractivity (Wildman–Crippen MR) is 66.7 cm³/mol. The second-order valence-electron chi connectivity index (χ2n) is 4.22. The number of hydrogen-bond donors (Lipinski definition) is 1. The molecule has 1 N–H and O–H groups in total. The molecule has 3 nitrogen and oxygen atoms in total. The van der Waals surface area contributed by atoms with Gasteiger partial charge in [0.05, 0.1) is 0 Å². The minimum Gasteiger partial charge on any atom is -0.296 e. The molecule has 0 aromatic heterocycles. The third-order valence-electron chi connectivity index (χ3n) is 3.09. The Balaban J connectivity index is 2.34. The Bertz CT molecular complexity index is 446. The van der Waals surface area contributed by atoms with Crippen molar-refractivity contribution in [3.63, 3.8) is 0 Å². The van der Waals surface area contributed by atoms with Crippen molar-refractivity contribution in [1.29, 1.82) is 0 Å². The average molecular weight is 280 g/mol. The summed E-state index contributed by atoms with van der Waals surface area (Å²) in [7, 11) is 1.87. The molecule has 1 aliphatic rings. The maximum atomic E-state index is 11.9. The fraction of sp³-hybridized carbons (Fsp3) is 0.273. The lowest BCUT2D eigenvalue weighted by Gasteiger charge is -2.32. The predicted octanol–water partition coefficient (Wildman–Crippen LogP) is 0.714. The van der Waals surface area contributed by atoms with Gasteiger partial charge in [0.25, 0.3) is 0 Å². The van der Waals surface area contributed by atoms with Crippen molar-refractivity contribution in [3.05, 3.63) is 34.3 Å². The van der Waals surface area contributed by atoms with Crippen LogP contribution >= 0.6 is 15.9 Å². The van der Waals surface area contributed by atoms with E-state index in [9.17, 15) is 9.59 Å². The largest absolute Gasteiger partial charge is 0.296 e. The Hall–Kier alpha value is -1.10. The number of imide groups is 1. The van der Waals surface area contributed by atoms with Crippen LogP contribution in [-0.2, 0) is 14.9 Å². The Morgan fingerprint density at radius 1 is 1.25 bits per heavy atom. The van der Waals surface area contributed by atoms with E-state index in [-0.39, 0.29) is 11.8 Å². The molecule has 1 atom stereocenters. The van der Waals surface area contributed by atoms with Crippen LogP contribution in [0.25, 0.3) is 0 Å². The molecule has 0 spiro atoms. The number of amides is 2. The first kappa shape index (κ1) is 11.4. The minimum atomic E-state index is -0.589. The molecule has 0 radical (unpaired) electrons. The van der Waals surface area contributed by atoms with Gasteiger partial charge in [-0.2, -0.15) is 0 Å². The van der Waals surface area contributed by atoms with Crippen LogP contribution in [0.3, 0.4) is 0 Å². The Morgan fingerprint density at radius 2 is 1.88 bits per heavy atom. The smallest absolute Gasteiger partial charge is 0.228 e. The van der Waals surface area contributed by atoms with Gasteiger partial charge in [-0.3, -0.25) is 14.9 Å². The van der Waals surface area contributed by atoms with Crippen LogP contribution in [0.5, 0.6) is 0 Å². The van der Waals surface area contributed by atoms with E-state index in [2.05, 4.69) is 21.2 Å². The van der Waals surface area contributed by atoms with Crippen LogP contribution < -0.4 is 5.32 Å². The highest BCUT2D eigenvalue weighted by Gasteiger charge is 2.39. The maximum absolute atomic E-state index is 11.9. The van der Waals surface area contributed by atoms with Gasteiger partial charge in [0.15, 0.2) is 0 Å². The van der Waals surface area contributed by atoms with Crippen LogP contribution in [0.2, 0.25) is 0 Å². The van der Waals surface area contributed by atoms with Crippen molar-refractivity contribution in [2.24, 2.45) is 0 Å². The van der Waals surface area contributed by atoms with E-state index in [1.807, 2.05) is 32.1 Å². The summed E-state index contributed by atoms with van der Waals surface area (Å²) in [5, 5.41) is 1.80. The SMILES string of the molecule is BC1(c2ccc(Br)cc2)CCC(=O)NC1=O. The zero-order valence-electron chi connectivity index (χ0n) is 8.92. The van der Waals surface area contributed by atoms with Gasteiger partial charge < -0.3 is 0 Å². The van der Waals surface area contributed by atoms with E-state index in [1.165, 1.54) is 0 Å². The zero-order chi connectivity index (χ0) is 11.8. The first-order valence-electron chi connectivity index (χ1n) is 5.13. The quantitative estimate of drug-likeness (QED) is 0.608. The number of carbonyl (C=O) groups excluding carboxylic acids is 2. The summed E-state index contributed by atoms with van der Waals surface area (Å²) in [6, 6.07) is 7.65. The van der Waals surface area contributed by atoms with E-state index >= 15 is 0 Å². The van der Waals surface area contributed by atoms with Gasteiger partial charge in [0, 0.05) is 16.2 Å². The van der Waals surface area contributed by atoms with E-state index in [4.69, 9.17) is 0 Å². The van der Waals surface area contributed by atoms with Gasteiger partial charge in [0.1, 0.15) is 7.85 Å². The van der Waals surface area contributed by atoms with E-state index in [0.29, 0.717) is 12.8 Å². The molecular weight excluding hydrogens is 269 g/mol. The van der Waals surface area contributed by atoms with E-state index in [1.54, 1.807) is 0 Å². The molecular formula is C11H11BBrNO2. The first-order chi connectivity index (χ1) is 7.52. The lowest BCUT2D eigenvalue weighted by atomic mass is 9.59. The Labute approximate surface area is 103 Å². The number of piperidine rings is 1. The van der Waals surface area contributed by atoms with Crippen LogP contribution in [0.1, 0.15) is 18.4 Å². The van der Waals surface area contributed by atoms with Gasteiger partial charge in [-0.15, -0.1) is 0 Å². The summed E-state index contributed by atoms with van der Waals surface area (Å²) in [6.45, 7) is 0. The second-order valence-corrected chi connectivity index (χ2v) is 5.13. The van der Waals surface area contributed by atoms with Gasteiger partial charge in [-0.25, -0.2) is 0 Å². The number of carbonyl (C=O) groups is 2. The Morgan fingerprint density at radius 3 is 2.44 bits per heavy atom. The minimum absolute atomic E-state index is 0.181. The fourth-order valence-corrected chi connectivity index (χ4v) is 2.16. The molecule has 0 aliphatic carbocycles. The number of benzene rings is 1. The van der Waals surface area contributed by atoms with E-state index in [0.717, 1.165) is 10.0 Å². The molecule has 2 rings (SSSR count). The van der Waals surface area contributed by atoms with Gasteiger partial charge in [-0.05, 0) is 24.1 Å². The van der Waals surface area contributed by atoms with Gasteiger partial charge >= 0.3 is 0 Å². The number of halogens is 1. The second kappa shape index (κ2) is 4.05. The van der Waals surface area contributed by atoms with Crippen LogP contribution in [0.4, 0.5) is 0 Å².